The molecular formula is C7H17ClN2. The Morgan fingerprint density at radius 2 is 1.90 bits per heavy atom. The first kappa shape index (κ1) is 10.2. The van der Waals surface area contributed by atoms with Gasteiger partial charge in [-0.25, -0.2) is 0 Å². The topological polar surface area (TPSA) is 29.3 Å². The van der Waals surface area contributed by atoms with Crippen molar-refractivity contribution in [3.05, 3.63) is 0 Å². The molecule has 0 unspecified atom stereocenters. The third-order valence-electron chi connectivity index (χ3n) is 2.11. The number of likely N-dealkylation sites (tertiary alicyclic amines) is 1. The first-order valence-corrected chi connectivity index (χ1v) is 3.78. The first-order chi connectivity index (χ1) is 4.34. The zero-order valence-corrected chi connectivity index (χ0v) is 7.36. The molecule has 1 atom stereocenters. The van der Waals surface area contributed by atoms with Crippen LogP contribution in [0.3, 0.4) is 0 Å². The number of hydrogen-bond acceptors (Lipinski definition) is 2. The molecule has 0 radical (unpaired) electrons. The van der Waals surface area contributed by atoms with Crippen LogP contribution in [-0.4, -0.2) is 30.6 Å². The molecule has 2 N–H and O–H groups in total. The lowest BCUT2D eigenvalue weighted by molar-refractivity contribution is 0.264. The van der Waals surface area contributed by atoms with Crippen molar-refractivity contribution in [3.8, 4) is 0 Å². The molecule has 0 saturated carbocycles. The molecule has 1 heterocycles. The van der Waals surface area contributed by atoms with Crippen molar-refractivity contribution in [1.82, 2.24) is 4.90 Å². The minimum absolute atomic E-state index is 0. The number of nitrogens with zero attached hydrogens (tertiary/aromatic N) is 1. The molecule has 0 spiro atoms. The van der Waals surface area contributed by atoms with Gasteiger partial charge in [0.25, 0.3) is 0 Å². The third kappa shape index (κ3) is 2.45. The molecule has 1 aliphatic heterocycles. The van der Waals surface area contributed by atoms with Gasteiger partial charge >= 0.3 is 0 Å². The molecule has 0 aliphatic carbocycles. The Morgan fingerprint density at radius 3 is 2.30 bits per heavy atom. The summed E-state index contributed by atoms with van der Waals surface area (Å²) in [5.74, 6) is 0. The average molecular weight is 165 g/mol. The van der Waals surface area contributed by atoms with Gasteiger partial charge in [-0.1, -0.05) is 0 Å². The summed E-state index contributed by atoms with van der Waals surface area (Å²) in [4.78, 5) is 2.46. The van der Waals surface area contributed by atoms with Gasteiger partial charge in [0.05, 0.1) is 0 Å². The summed E-state index contributed by atoms with van der Waals surface area (Å²) >= 11 is 0. The van der Waals surface area contributed by atoms with Crippen molar-refractivity contribution in [3.63, 3.8) is 0 Å². The minimum atomic E-state index is 0. The maximum Gasteiger partial charge on any atom is 0.0190 e. The molecule has 10 heavy (non-hydrogen) atoms. The fourth-order valence-corrected chi connectivity index (χ4v) is 1.33. The molecule has 0 amide bonds. The molecule has 0 aromatic heterocycles. The summed E-state index contributed by atoms with van der Waals surface area (Å²) in [6.45, 7) is 5.53. The molecule has 1 aliphatic rings. The molecule has 0 aromatic carbocycles. The number of rotatable bonds is 2. The van der Waals surface area contributed by atoms with E-state index in [1.807, 2.05) is 0 Å². The van der Waals surface area contributed by atoms with Crippen molar-refractivity contribution in [2.45, 2.75) is 25.8 Å². The van der Waals surface area contributed by atoms with Gasteiger partial charge in [0.1, 0.15) is 0 Å². The van der Waals surface area contributed by atoms with Crippen LogP contribution in [0.2, 0.25) is 0 Å². The number of nitrogens with two attached hydrogens (primary N) is 1. The van der Waals surface area contributed by atoms with Crippen LogP contribution in [0.4, 0.5) is 0 Å². The Labute approximate surface area is 69.2 Å². The summed E-state index contributed by atoms with van der Waals surface area (Å²) in [7, 11) is 0. The van der Waals surface area contributed by atoms with Crippen molar-refractivity contribution >= 4 is 12.4 Å². The van der Waals surface area contributed by atoms with Gasteiger partial charge in [0.15, 0.2) is 0 Å². The van der Waals surface area contributed by atoms with Crippen molar-refractivity contribution < 1.29 is 0 Å². The highest BCUT2D eigenvalue weighted by Crippen LogP contribution is 2.09. The molecule has 0 bridgehead atoms. The summed E-state index contributed by atoms with van der Waals surface area (Å²) in [6.07, 6.45) is 2.73. The molecule has 2 nitrogen and oxygen atoms in total. The predicted molar refractivity (Wildman–Crippen MR) is 46.6 cm³/mol. The molecule has 1 rings (SSSR count). The highest BCUT2D eigenvalue weighted by atomic mass is 35.5. The highest BCUT2D eigenvalue weighted by molar-refractivity contribution is 5.85. The smallest absolute Gasteiger partial charge is 0.0190 e. The normalized spacial score (nSPS) is 22.2. The molecular weight excluding hydrogens is 148 g/mol. The van der Waals surface area contributed by atoms with Gasteiger partial charge in [-0.3, -0.25) is 4.90 Å². The highest BCUT2D eigenvalue weighted by Gasteiger charge is 2.15. The summed E-state index contributed by atoms with van der Waals surface area (Å²) in [5.41, 5.74) is 5.51. The van der Waals surface area contributed by atoms with E-state index in [1.165, 1.54) is 25.9 Å². The number of hydrogen-bond donors (Lipinski definition) is 1. The largest absolute Gasteiger partial charge is 0.329 e. The molecule has 3 heteroatoms. The van der Waals surface area contributed by atoms with E-state index in [9.17, 15) is 0 Å². The van der Waals surface area contributed by atoms with Crippen LogP contribution in [0, 0.1) is 0 Å². The Bertz CT molecular complexity index is 81.7. The van der Waals surface area contributed by atoms with Gasteiger partial charge in [-0.05, 0) is 32.9 Å². The lowest BCUT2D eigenvalue weighted by atomic mass is 10.3. The van der Waals surface area contributed by atoms with E-state index in [2.05, 4.69) is 11.8 Å². The van der Waals surface area contributed by atoms with Gasteiger partial charge < -0.3 is 5.73 Å². The second kappa shape index (κ2) is 4.94. The van der Waals surface area contributed by atoms with E-state index in [1.54, 1.807) is 0 Å². The zero-order chi connectivity index (χ0) is 6.69. The molecule has 62 valence electrons. The fraction of sp³-hybridized carbons (Fsp3) is 1.00. The van der Waals surface area contributed by atoms with Crippen LogP contribution in [0.15, 0.2) is 0 Å². The monoisotopic (exact) mass is 164 g/mol. The van der Waals surface area contributed by atoms with Gasteiger partial charge in [0.2, 0.25) is 0 Å². The maximum atomic E-state index is 5.51. The number of halogens is 1. The van der Waals surface area contributed by atoms with E-state index in [0.29, 0.717) is 6.04 Å². The maximum absolute atomic E-state index is 5.51. The van der Waals surface area contributed by atoms with Crippen LogP contribution in [0.25, 0.3) is 0 Å². The van der Waals surface area contributed by atoms with Crippen molar-refractivity contribution in [1.29, 1.82) is 0 Å². The Kier molecular flexibility index (Phi) is 5.04. The van der Waals surface area contributed by atoms with Gasteiger partial charge in [-0.2, -0.15) is 0 Å². The van der Waals surface area contributed by atoms with Gasteiger partial charge in [0, 0.05) is 12.6 Å². The lowest BCUT2D eigenvalue weighted by Gasteiger charge is -2.21. The minimum Gasteiger partial charge on any atom is -0.329 e. The first-order valence-electron chi connectivity index (χ1n) is 3.78. The van der Waals surface area contributed by atoms with E-state index in [4.69, 9.17) is 5.73 Å². The zero-order valence-electron chi connectivity index (χ0n) is 6.55. The molecule has 1 saturated heterocycles. The van der Waals surface area contributed by atoms with Crippen molar-refractivity contribution in [2.24, 2.45) is 5.73 Å². The van der Waals surface area contributed by atoms with Crippen LogP contribution >= 0.6 is 12.4 Å². The van der Waals surface area contributed by atoms with E-state index >= 15 is 0 Å². The quantitative estimate of drug-likeness (QED) is 0.656. The van der Waals surface area contributed by atoms with Crippen LogP contribution < -0.4 is 5.73 Å². The average Bonchev–Trinajstić information content (AvgIpc) is 2.37. The van der Waals surface area contributed by atoms with E-state index < -0.39 is 0 Å². The molecule has 0 aromatic rings. The Balaban J connectivity index is 0.000000810. The van der Waals surface area contributed by atoms with Crippen LogP contribution in [0.1, 0.15) is 19.8 Å². The summed E-state index contributed by atoms with van der Waals surface area (Å²) in [5, 5.41) is 0. The second-order valence-corrected chi connectivity index (χ2v) is 2.83. The second-order valence-electron chi connectivity index (χ2n) is 2.83. The van der Waals surface area contributed by atoms with Gasteiger partial charge in [-0.15, -0.1) is 12.4 Å². The Morgan fingerprint density at radius 1 is 1.40 bits per heavy atom. The SMILES string of the molecule is C[C@H](CN)N1CCCC1.Cl. The Hall–Kier alpha value is 0.210. The standard InChI is InChI=1S/C7H16N2.ClH/c1-7(6-8)9-4-2-3-5-9;/h7H,2-6,8H2,1H3;1H/t7-;/m1./s1. The predicted octanol–water partition coefficient (Wildman–Crippen LogP) is 0.851. The fourth-order valence-electron chi connectivity index (χ4n) is 1.33. The third-order valence-corrected chi connectivity index (χ3v) is 2.11. The van der Waals surface area contributed by atoms with E-state index in [-0.39, 0.29) is 12.4 Å². The molecule has 1 fully saturated rings. The summed E-state index contributed by atoms with van der Waals surface area (Å²) in [6, 6.07) is 0.604. The lowest BCUT2D eigenvalue weighted by Crippen LogP contribution is -2.35. The van der Waals surface area contributed by atoms with E-state index in [0.717, 1.165) is 6.54 Å². The van der Waals surface area contributed by atoms with Crippen LogP contribution in [0.5, 0.6) is 0 Å². The van der Waals surface area contributed by atoms with Crippen molar-refractivity contribution in [2.75, 3.05) is 19.6 Å². The van der Waals surface area contributed by atoms with Crippen LogP contribution in [-0.2, 0) is 0 Å². The summed E-state index contributed by atoms with van der Waals surface area (Å²) < 4.78 is 0.